The minimum absolute atomic E-state index is 0.285. The third-order valence-corrected chi connectivity index (χ3v) is 4.36. The van der Waals surface area contributed by atoms with E-state index in [2.05, 4.69) is 12.2 Å². The average molecular weight is 399 g/mol. The fourth-order valence-corrected chi connectivity index (χ4v) is 2.62. The number of methoxy groups -OCH3 is 1. The van der Waals surface area contributed by atoms with Crippen LogP contribution in [0.15, 0.2) is 48.5 Å². The van der Waals surface area contributed by atoms with E-state index in [4.69, 9.17) is 14.2 Å². The van der Waals surface area contributed by atoms with E-state index in [9.17, 15) is 9.59 Å². The van der Waals surface area contributed by atoms with Crippen LogP contribution in [0, 0.1) is 0 Å². The van der Waals surface area contributed by atoms with Gasteiger partial charge in [-0.25, -0.2) is 4.79 Å². The van der Waals surface area contributed by atoms with E-state index in [1.54, 1.807) is 62.6 Å². The van der Waals surface area contributed by atoms with Gasteiger partial charge in [0, 0.05) is 5.69 Å². The molecule has 156 valence electrons. The van der Waals surface area contributed by atoms with E-state index in [1.807, 2.05) is 0 Å². The minimum Gasteiger partial charge on any atom is -0.497 e. The number of unbranched alkanes of at least 4 members (excludes halogenated alkanes) is 3. The Hall–Kier alpha value is -3.02. The van der Waals surface area contributed by atoms with Crippen LogP contribution in [-0.2, 0) is 9.53 Å². The van der Waals surface area contributed by atoms with E-state index >= 15 is 0 Å². The Balaban J connectivity index is 1.81. The summed E-state index contributed by atoms with van der Waals surface area (Å²) in [7, 11) is 1.59. The number of rotatable bonds is 11. The Morgan fingerprint density at radius 2 is 1.59 bits per heavy atom. The van der Waals surface area contributed by atoms with E-state index in [0.29, 0.717) is 29.4 Å². The maximum absolute atomic E-state index is 12.3. The zero-order valence-electron chi connectivity index (χ0n) is 17.3. The van der Waals surface area contributed by atoms with Gasteiger partial charge in [-0.15, -0.1) is 0 Å². The largest absolute Gasteiger partial charge is 0.497 e. The molecule has 0 fully saturated rings. The van der Waals surface area contributed by atoms with E-state index in [1.165, 1.54) is 0 Å². The van der Waals surface area contributed by atoms with Crippen molar-refractivity contribution < 1.29 is 23.8 Å². The van der Waals surface area contributed by atoms with Crippen molar-refractivity contribution in [3.63, 3.8) is 0 Å². The second-order valence-corrected chi connectivity index (χ2v) is 6.70. The molecule has 0 aliphatic heterocycles. The van der Waals surface area contributed by atoms with Gasteiger partial charge in [0.2, 0.25) is 0 Å². The molecule has 1 atom stereocenters. The van der Waals surface area contributed by atoms with Crippen LogP contribution in [-0.4, -0.2) is 31.7 Å². The van der Waals surface area contributed by atoms with Crippen LogP contribution in [0.25, 0.3) is 0 Å². The Kier molecular flexibility index (Phi) is 9.02. The Morgan fingerprint density at radius 3 is 2.21 bits per heavy atom. The smallest absolute Gasteiger partial charge is 0.338 e. The molecule has 0 aromatic heterocycles. The van der Waals surface area contributed by atoms with Gasteiger partial charge in [-0.1, -0.05) is 26.2 Å². The van der Waals surface area contributed by atoms with Crippen LogP contribution < -0.4 is 14.8 Å². The van der Waals surface area contributed by atoms with Crippen molar-refractivity contribution in [3.05, 3.63) is 54.1 Å². The predicted molar refractivity (Wildman–Crippen MR) is 113 cm³/mol. The molecule has 6 heteroatoms. The third kappa shape index (κ3) is 7.49. The zero-order chi connectivity index (χ0) is 21.1. The molecule has 1 N–H and O–H groups in total. The molecule has 1 unspecified atom stereocenters. The van der Waals surface area contributed by atoms with Crippen molar-refractivity contribution in [2.75, 3.05) is 19.0 Å². The molecule has 0 spiro atoms. The fourth-order valence-electron chi connectivity index (χ4n) is 2.62. The summed E-state index contributed by atoms with van der Waals surface area (Å²) in [4.78, 5) is 24.4. The molecule has 0 heterocycles. The molecular weight excluding hydrogens is 370 g/mol. The fraction of sp³-hybridized carbons (Fsp3) is 0.391. The summed E-state index contributed by atoms with van der Waals surface area (Å²) in [6, 6.07) is 13.6. The number of carbonyl (C=O) groups excluding carboxylic acids is 2. The summed E-state index contributed by atoms with van der Waals surface area (Å²) in [6.07, 6.45) is 3.54. The van der Waals surface area contributed by atoms with Gasteiger partial charge in [0.15, 0.2) is 6.10 Å². The maximum Gasteiger partial charge on any atom is 0.338 e. The van der Waals surface area contributed by atoms with Crippen LogP contribution in [0.2, 0.25) is 0 Å². The van der Waals surface area contributed by atoms with Crippen molar-refractivity contribution in [2.45, 2.75) is 45.6 Å². The second kappa shape index (κ2) is 11.7. The number of hydrogen-bond acceptors (Lipinski definition) is 5. The molecular formula is C23H29NO5. The topological polar surface area (TPSA) is 73.9 Å². The molecule has 0 radical (unpaired) electrons. The predicted octanol–water partition coefficient (Wildman–Crippen LogP) is 4.84. The lowest BCUT2D eigenvalue weighted by molar-refractivity contribution is -0.122. The maximum atomic E-state index is 12.3. The summed E-state index contributed by atoms with van der Waals surface area (Å²) in [5.74, 6) is 0.655. The first-order valence-electron chi connectivity index (χ1n) is 9.92. The number of esters is 1. The van der Waals surface area contributed by atoms with Gasteiger partial charge >= 0.3 is 5.97 Å². The molecule has 2 aromatic rings. The van der Waals surface area contributed by atoms with Crippen molar-refractivity contribution in [1.82, 2.24) is 0 Å². The first kappa shape index (κ1) is 22.3. The monoisotopic (exact) mass is 399 g/mol. The van der Waals surface area contributed by atoms with Gasteiger partial charge in [-0.2, -0.15) is 0 Å². The number of benzene rings is 2. The van der Waals surface area contributed by atoms with Gasteiger partial charge in [0.25, 0.3) is 5.91 Å². The normalized spacial score (nSPS) is 11.4. The van der Waals surface area contributed by atoms with Crippen molar-refractivity contribution in [3.8, 4) is 11.5 Å². The van der Waals surface area contributed by atoms with Crippen LogP contribution >= 0.6 is 0 Å². The van der Waals surface area contributed by atoms with Gasteiger partial charge in [0.05, 0.1) is 19.3 Å². The first-order valence-corrected chi connectivity index (χ1v) is 9.92. The summed E-state index contributed by atoms with van der Waals surface area (Å²) < 4.78 is 16.0. The van der Waals surface area contributed by atoms with Gasteiger partial charge in [0.1, 0.15) is 11.5 Å². The van der Waals surface area contributed by atoms with Crippen LogP contribution in [0.1, 0.15) is 49.9 Å². The number of anilines is 1. The third-order valence-electron chi connectivity index (χ3n) is 4.36. The first-order chi connectivity index (χ1) is 14.0. The average Bonchev–Trinajstić information content (AvgIpc) is 2.74. The van der Waals surface area contributed by atoms with E-state index in [-0.39, 0.29) is 11.9 Å². The Morgan fingerprint density at radius 1 is 0.931 bits per heavy atom. The molecule has 29 heavy (non-hydrogen) atoms. The van der Waals surface area contributed by atoms with E-state index < -0.39 is 6.10 Å². The molecule has 0 bridgehead atoms. The van der Waals surface area contributed by atoms with Crippen molar-refractivity contribution in [1.29, 1.82) is 0 Å². The summed E-state index contributed by atoms with van der Waals surface area (Å²) >= 11 is 0. The van der Waals surface area contributed by atoms with Crippen LogP contribution in [0.5, 0.6) is 11.5 Å². The molecule has 1 amide bonds. The molecule has 0 saturated carbocycles. The van der Waals surface area contributed by atoms with Gasteiger partial charge < -0.3 is 19.5 Å². The Bertz CT molecular complexity index is 771. The zero-order valence-corrected chi connectivity index (χ0v) is 17.3. The van der Waals surface area contributed by atoms with Crippen molar-refractivity contribution >= 4 is 17.6 Å². The molecule has 0 saturated heterocycles. The second-order valence-electron chi connectivity index (χ2n) is 6.70. The standard InChI is InChI=1S/C23H29NO5/c1-4-5-6-7-16-28-23(26)18-8-10-19(11-9-18)24-22(25)17(2)29-21-14-12-20(27-3)13-15-21/h8-15,17H,4-7,16H2,1-3H3,(H,24,25). The highest BCUT2D eigenvalue weighted by Crippen LogP contribution is 2.19. The number of nitrogens with one attached hydrogen (secondary N) is 1. The summed E-state index contributed by atoms with van der Waals surface area (Å²) in [5, 5.41) is 2.78. The Labute approximate surface area is 172 Å². The van der Waals surface area contributed by atoms with Crippen LogP contribution in [0.4, 0.5) is 5.69 Å². The highest BCUT2D eigenvalue weighted by atomic mass is 16.5. The molecule has 0 aliphatic rings. The number of amides is 1. The van der Waals surface area contributed by atoms with Crippen LogP contribution in [0.3, 0.4) is 0 Å². The van der Waals surface area contributed by atoms with Gasteiger partial charge in [-0.3, -0.25) is 4.79 Å². The number of hydrogen-bond donors (Lipinski definition) is 1. The SMILES string of the molecule is CCCCCCOC(=O)c1ccc(NC(=O)C(C)Oc2ccc(OC)cc2)cc1. The lowest BCUT2D eigenvalue weighted by Gasteiger charge is -2.15. The van der Waals surface area contributed by atoms with Crippen molar-refractivity contribution in [2.24, 2.45) is 0 Å². The molecule has 2 rings (SSSR count). The van der Waals surface area contributed by atoms with Gasteiger partial charge in [-0.05, 0) is 61.9 Å². The highest BCUT2D eigenvalue weighted by molar-refractivity contribution is 5.95. The van der Waals surface area contributed by atoms with E-state index in [0.717, 1.165) is 25.7 Å². The number of ether oxygens (including phenoxy) is 3. The quantitative estimate of drug-likeness (QED) is 0.432. The lowest BCUT2D eigenvalue weighted by Crippen LogP contribution is -2.30. The lowest BCUT2D eigenvalue weighted by atomic mass is 10.2. The highest BCUT2D eigenvalue weighted by Gasteiger charge is 2.15. The number of carbonyl (C=O) groups is 2. The summed E-state index contributed by atoms with van der Waals surface area (Å²) in [6.45, 7) is 4.24. The molecule has 2 aromatic carbocycles. The molecule has 6 nitrogen and oxygen atoms in total. The minimum atomic E-state index is -0.684. The molecule has 0 aliphatic carbocycles. The summed E-state index contributed by atoms with van der Waals surface area (Å²) in [5.41, 5.74) is 1.04.